The van der Waals surface area contributed by atoms with E-state index in [9.17, 15) is 14.7 Å². The number of ether oxygens (including phenoxy) is 2. The highest BCUT2D eigenvalue weighted by Crippen LogP contribution is 2.42. The number of aliphatic hydroxyl groups is 1. The number of hydrogen-bond donors (Lipinski definition) is 3. The first kappa shape index (κ1) is 35.2. The van der Waals surface area contributed by atoms with Gasteiger partial charge in [-0.1, -0.05) is 79.7 Å². The number of nitrogens with zero attached hydrogens (tertiary/aromatic N) is 4. The zero-order chi connectivity index (χ0) is 34.9. The summed E-state index contributed by atoms with van der Waals surface area (Å²) >= 11 is 0. The third kappa shape index (κ3) is 8.91. The molecule has 4 aromatic rings. The second-order valence-electron chi connectivity index (χ2n) is 13.0. The smallest absolute Gasteiger partial charge is 0.303 e. The Kier molecular flexibility index (Phi) is 11.8. The van der Waals surface area contributed by atoms with Crippen LogP contribution in [0.4, 0.5) is 5.95 Å². The topological polar surface area (TPSA) is 137 Å². The number of aliphatic hydroxyl groups excluding tert-OH is 1. The number of anilines is 1. The predicted molar refractivity (Wildman–Crippen MR) is 189 cm³/mol. The number of carbonyl (C=O) groups is 2. The number of hydrogen-bond acceptors (Lipinski definition) is 9. The van der Waals surface area contributed by atoms with Crippen molar-refractivity contribution in [3.05, 3.63) is 114 Å². The second kappa shape index (κ2) is 16.8. The lowest BCUT2D eigenvalue weighted by Crippen LogP contribution is -2.51. The molecule has 2 saturated heterocycles. The van der Waals surface area contributed by atoms with Crippen molar-refractivity contribution in [2.45, 2.75) is 57.8 Å². The molecule has 11 nitrogen and oxygen atoms in total. The molecule has 3 heterocycles. The number of aliphatic carboxylic acids is 1. The zero-order valence-corrected chi connectivity index (χ0v) is 28.4. The minimum absolute atomic E-state index is 0.00957. The van der Waals surface area contributed by atoms with Gasteiger partial charge in [0.2, 0.25) is 11.9 Å². The van der Waals surface area contributed by atoms with Crippen LogP contribution in [0.3, 0.4) is 0 Å². The second-order valence-corrected chi connectivity index (χ2v) is 13.0. The number of piperazine rings is 1. The number of carboxylic acid groups (broad SMARTS) is 1. The number of amides is 1. The third-order valence-corrected chi connectivity index (χ3v) is 9.55. The molecule has 262 valence electrons. The van der Waals surface area contributed by atoms with E-state index in [-0.39, 0.29) is 43.5 Å². The summed E-state index contributed by atoms with van der Waals surface area (Å²) in [5, 5.41) is 21.4. The van der Waals surface area contributed by atoms with Crippen LogP contribution in [0.5, 0.6) is 0 Å². The molecule has 0 bridgehead atoms. The van der Waals surface area contributed by atoms with Crippen molar-refractivity contribution in [2.24, 2.45) is 5.92 Å². The molecule has 11 heteroatoms. The van der Waals surface area contributed by atoms with Crippen LogP contribution in [0.25, 0.3) is 11.1 Å². The van der Waals surface area contributed by atoms with Crippen LogP contribution in [0, 0.1) is 5.92 Å². The minimum atomic E-state index is -0.901. The fourth-order valence-corrected chi connectivity index (χ4v) is 6.63. The average molecular weight is 680 g/mol. The van der Waals surface area contributed by atoms with E-state index in [0.717, 1.165) is 72.1 Å². The lowest BCUT2D eigenvalue weighted by Gasteiger charge is -2.44. The molecule has 0 spiro atoms. The molecule has 0 saturated carbocycles. The van der Waals surface area contributed by atoms with Gasteiger partial charge in [-0.25, -0.2) is 9.97 Å². The summed E-state index contributed by atoms with van der Waals surface area (Å²) in [5.41, 5.74) is 5.80. The van der Waals surface area contributed by atoms with Gasteiger partial charge in [0, 0.05) is 76.0 Å². The lowest BCUT2D eigenvalue weighted by molar-refractivity contribution is -0.276. The Morgan fingerprint density at radius 2 is 1.56 bits per heavy atom. The Bertz CT molecular complexity index is 1700. The largest absolute Gasteiger partial charge is 0.481 e. The van der Waals surface area contributed by atoms with Gasteiger partial charge in [-0.3, -0.25) is 14.5 Å². The predicted octanol–water partition coefficient (Wildman–Crippen LogP) is 5.12. The molecule has 4 unspecified atom stereocenters. The number of aromatic nitrogens is 2. The number of benzene rings is 3. The fourth-order valence-electron chi connectivity index (χ4n) is 6.63. The number of carbonyl (C=O) groups excluding carboxylic acids is 1. The van der Waals surface area contributed by atoms with E-state index < -0.39 is 12.3 Å². The summed E-state index contributed by atoms with van der Waals surface area (Å²) in [7, 11) is 0. The Labute approximate surface area is 292 Å². The molecule has 50 heavy (non-hydrogen) atoms. The van der Waals surface area contributed by atoms with E-state index in [2.05, 4.69) is 44.1 Å². The molecular formula is C39H45N5O6. The molecule has 2 aliphatic rings. The van der Waals surface area contributed by atoms with Gasteiger partial charge >= 0.3 is 5.97 Å². The summed E-state index contributed by atoms with van der Waals surface area (Å²) in [5.74, 6) is -0.230. The Morgan fingerprint density at radius 3 is 2.26 bits per heavy atom. The Balaban J connectivity index is 1.16. The van der Waals surface area contributed by atoms with Crippen molar-refractivity contribution in [1.29, 1.82) is 0 Å². The van der Waals surface area contributed by atoms with Crippen molar-refractivity contribution in [3.63, 3.8) is 0 Å². The van der Waals surface area contributed by atoms with Crippen molar-refractivity contribution in [1.82, 2.24) is 20.2 Å². The van der Waals surface area contributed by atoms with Gasteiger partial charge in [0.05, 0.1) is 18.8 Å². The fraction of sp³-hybridized carbons (Fsp3) is 0.385. The van der Waals surface area contributed by atoms with Crippen molar-refractivity contribution < 1.29 is 29.3 Å². The molecule has 1 aromatic heterocycles. The van der Waals surface area contributed by atoms with Gasteiger partial charge in [-0.15, -0.1) is 0 Å². The highest BCUT2D eigenvalue weighted by atomic mass is 16.7. The van der Waals surface area contributed by atoms with Crippen LogP contribution in [0.2, 0.25) is 0 Å². The number of nitrogens with one attached hydrogen (secondary N) is 1. The van der Waals surface area contributed by atoms with Gasteiger partial charge in [0.25, 0.3) is 0 Å². The summed E-state index contributed by atoms with van der Waals surface area (Å²) in [6, 6.07) is 25.9. The molecule has 0 radical (unpaired) electrons. The number of rotatable bonds is 13. The minimum Gasteiger partial charge on any atom is -0.481 e. The van der Waals surface area contributed by atoms with Gasteiger partial charge < -0.3 is 29.9 Å². The molecule has 0 aliphatic carbocycles. The van der Waals surface area contributed by atoms with Crippen LogP contribution in [-0.2, 0) is 32.2 Å². The average Bonchev–Trinajstić information content (AvgIpc) is 3.15. The molecule has 3 aromatic carbocycles. The summed E-state index contributed by atoms with van der Waals surface area (Å²) in [6.07, 6.45) is 3.15. The molecule has 4 atom stereocenters. The van der Waals surface area contributed by atoms with Crippen LogP contribution in [0.1, 0.15) is 60.8 Å². The van der Waals surface area contributed by atoms with Crippen LogP contribution < -0.4 is 10.2 Å². The first-order valence-corrected chi connectivity index (χ1v) is 17.3. The van der Waals surface area contributed by atoms with Gasteiger partial charge in [-0.05, 0) is 40.3 Å². The maximum atomic E-state index is 12.3. The molecule has 3 N–H and O–H groups in total. The van der Waals surface area contributed by atoms with Crippen molar-refractivity contribution >= 4 is 17.8 Å². The highest BCUT2D eigenvalue weighted by molar-refractivity contribution is 5.77. The van der Waals surface area contributed by atoms with E-state index in [1.807, 2.05) is 66.7 Å². The SMILES string of the molecule is CC1C(CN2CCN(c3ncccn3)CC2)OC(c2ccc(-c3ccccc3CNC(=O)CCCC(=O)O)cc2)OC1c1ccc(CO)cc1. The maximum Gasteiger partial charge on any atom is 0.303 e. The van der Waals surface area contributed by atoms with Gasteiger partial charge in [0.15, 0.2) is 6.29 Å². The summed E-state index contributed by atoms with van der Waals surface area (Å²) in [6.45, 7) is 6.73. The standard InChI is InChI=1S/C39H45N5O6/c1-27-34(25-43-20-22-44(23-21-43)39-40-18-5-19-41-39)49-38(50-37(27)30-12-10-28(26-45)11-13-30)31-16-14-29(15-17-31)33-7-3-2-6-32(33)24-42-35(46)8-4-9-36(47)48/h2-3,5-7,10-19,27,34,37-38,45H,4,8-9,20-26H2,1H3,(H,42,46)(H,47,48). The van der Waals surface area contributed by atoms with Crippen LogP contribution in [-0.4, -0.2) is 75.8 Å². The summed E-state index contributed by atoms with van der Waals surface area (Å²) in [4.78, 5) is 36.6. The highest BCUT2D eigenvalue weighted by Gasteiger charge is 2.39. The zero-order valence-electron chi connectivity index (χ0n) is 28.4. The van der Waals surface area contributed by atoms with Crippen LogP contribution >= 0.6 is 0 Å². The lowest BCUT2D eigenvalue weighted by atomic mass is 9.89. The van der Waals surface area contributed by atoms with Gasteiger partial charge in [-0.2, -0.15) is 0 Å². The van der Waals surface area contributed by atoms with Crippen molar-refractivity contribution in [3.8, 4) is 11.1 Å². The van der Waals surface area contributed by atoms with E-state index in [1.54, 1.807) is 12.4 Å². The Morgan fingerprint density at radius 1 is 0.860 bits per heavy atom. The van der Waals surface area contributed by atoms with E-state index in [0.29, 0.717) is 13.0 Å². The first-order valence-electron chi connectivity index (χ1n) is 17.3. The maximum absolute atomic E-state index is 12.3. The van der Waals surface area contributed by atoms with Crippen LogP contribution in [0.15, 0.2) is 91.3 Å². The van der Waals surface area contributed by atoms with E-state index in [4.69, 9.17) is 14.6 Å². The summed E-state index contributed by atoms with van der Waals surface area (Å²) < 4.78 is 13.5. The first-order chi connectivity index (χ1) is 24.4. The quantitative estimate of drug-likeness (QED) is 0.175. The van der Waals surface area contributed by atoms with E-state index in [1.165, 1.54) is 0 Å². The number of carboxylic acids is 1. The van der Waals surface area contributed by atoms with Gasteiger partial charge in [0.1, 0.15) is 0 Å². The van der Waals surface area contributed by atoms with E-state index >= 15 is 0 Å². The molecule has 2 aliphatic heterocycles. The molecular weight excluding hydrogens is 634 g/mol. The molecule has 6 rings (SSSR count). The molecule has 1 amide bonds. The normalized spacial score (nSPS) is 21.1. The van der Waals surface area contributed by atoms with Crippen molar-refractivity contribution in [2.75, 3.05) is 37.6 Å². The Hall–Kier alpha value is -4.68. The monoisotopic (exact) mass is 679 g/mol. The molecule has 2 fully saturated rings. The third-order valence-electron chi connectivity index (χ3n) is 9.55.